The monoisotopic (exact) mass is 455 g/mol. The highest BCUT2D eigenvalue weighted by Crippen LogP contribution is 2.18. The van der Waals surface area contributed by atoms with Crippen LogP contribution >= 0.6 is 23.4 Å². The highest BCUT2D eigenvalue weighted by Gasteiger charge is 2.36. The van der Waals surface area contributed by atoms with E-state index in [9.17, 15) is 24.3 Å². The predicted octanol–water partition coefficient (Wildman–Crippen LogP) is 0.0723. The molecular weight excluding hydrogens is 434 g/mol. The molecule has 3 rings (SSSR count). The Labute approximate surface area is 182 Å². The minimum absolute atomic E-state index is 0.131. The standard InChI is InChI=1S/C19H22ClN3O6S/c1-10-2-3-11(20)6-12(10)17(26)22-14-9-30-5-4-23(18(14)27)8-15(24)21-13-7-16(25)29-19(13)28/h2-3,6,13-14,19,28H,4-5,7-9H2,1H3,(H,21,24)(H,22,26). The van der Waals surface area contributed by atoms with Crippen molar-refractivity contribution in [1.29, 1.82) is 0 Å². The third-order valence-electron chi connectivity index (χ3n) is 4.81. The number of halogens is 1. The molecule has 11 heteroatoms. The van der Waals surface area contributed by atoms with Gasteiger partial charge in [0.1, 0.15) is 12.1 Å². The molecule has 0 aromatic heterocycles. The molecule has 0 aliphatic carbocycles. The van der Waals surface area contributed by atoms with E-state index < -0.39 is 36.2 Å². The molecule has 0 radical (unpaired) electrons. The van der Waals surface area contributed by atoms with Gasteiger partial charge in [0.2, 0.25) is 18.1 Å². The van der Waals surface area contributed by atoms with Gasteiger partial charge >= 0.3 is 5.97 Å². The average Bonchev–Trinajstić information content (AvgIpc) is 2.90. The number of cyclic esters (lactones) is 1. The van der Waals surface area contributed by atoms with Crippen molar-refractivity contribution in [1.82, 2.24) is 15.5 Å². The SMILES string of the molecule is Cc1ccc(Cl)cc1C(=O)NC1CSCCN(CC(=O)NC2CC(=O)OC2O)C1=O. The number of ether oxygens (including phenoxy) is 1. The highest BCUT2D eigenvalue weighted by molar-refractivity contribution is 7.99. The lowest BCUT2D eigenvalue weighted by atomic mass is 10.1. The summed E-state index contributed by atoms with van der Waals surface area (Å²) in [4.78, 5) is 50.4. The van der Waals surface area contributed by atoms with Crippen molar-refractivity contribution < 1.29 is 29.0 Å². The zero-order valence-electron chi connectivity index (χ0n) is 16.2. The number of aliphatic hydroxyl groups excluding tert-OH is 1. The smallest absolute Gasteiger partial charge is 0.310 e. The number of carbonyl (C=O) groups excluding carboxylic acids is 4. The average molecular weight is 456 g/mol. The highest BCUT2D eigenvalue weighted by atomic mass is 35.5. The summed E-state index contributed by atoms with van der Waals surface area (Å²) in [5.41, 5.74) is 1.11. The fraction of sp³-hybridized carbons (Fsp3) is 0.474. The number of benzene rings is 1. The van der Waals surface area contributed by atoms with E-state index in [0.717, 1.165) is 5.56 Å². The number of aryl methyl sites for hydroxylation is 1. The van der Waals surface area contributed by atoms with Gasteiger partial charge in [-0.3, -0.25) is 19.2 Å². The third-order valence-corrected chi connectivity index (χ3v) is 6.09. The molecule has 2 aliphatic heterocycles. The summed E-state index contributed by atoms with van der Waals surface area (Å²) in [6.45, 7) is 1.86. The van der Waals surface area contributed by atoms with Crippen LogP contribution in [0.4, 0.5) is 0 Å². The molecular formula is C19H22ClN3O6S. The summed E-state index contributed by atoms with van der Waals surface area (Å²) in [5.74, 6) is -0.920. The van der Waals surface area contributed by atoms with Gasteiger partial charge in [-0.1, -0.05) is 17.7 Å². The van der Waals surface area contributed by atoms with Gasteiger partial charge in [-0.15, -0.1) is 0 Å². The van der Waals surface area contributed by atoms with Crippen LogP contribution in [0.3, 0.4) is 0 Å². The quantitative estimate of drug-likeness (QED) is 0.536. The number of hydrogen-bond donors (Lipinski definition) is 3. The van der Waals surface area contributed by atoms with Crippen molar-refractivity contribution in [2.24, 2.45) is 0 Å². The van der Waals surface area contributed by atoms with Gasteiger partial charge in [0, 0.05) is 28.6 Å². The van der Waals surface area contributed by atoms with Crippen LogP contribution in [-0.4, -0.2) is 76.7 Å². The van der Waals surface area contributed by atoms with Crippen LogP contribution in [0, 0.1) is 6.92 Å². The first-order chi connectivity index (χ1) is 14.2. The van der Waals surface area contributed by atoms with E-state index in [4.69, 9.17) is 11.6 Å². The van der Waals surface area contributed by atoms with Crippen molar-refractivity contribution in [3.05, 3.63) is 34.3 Å². The third kappa shape index (κ3) is 5.44. The first-order valence-electron chi connectivity index (χ1n) is 9.35. The Bertz CT molecular complexity index is 867. The second-order valence-corrected chi connectivity index (χ2v) is 8.66. The number of rotatable bonds is 5. The maximum Gasteiger partial charge on any atom is 0.310 e. The molecule has 1 aromatic carbocycles. The largest absolute Gasteiger partial charge is 0.434 e. The van der Waals surface area contributed by atoms with Crippen LogP contribution in [0.2, 0.25) is 5.02 Å². The number of carbonyl (C=O) groups is 4. The maximum absolute atomic E-state index is 12.9. The van der Waals surface area contributed by atoms with Crippen LogP contribution in [0.1, 0.15) is 22.3 Å². The Morgan fingerprint density at radius 2 is 2.10 bits per heavy atom. The van der Waals surface area contributed by atoms with E-state index in [-0.39, 0.29) is 18.9 Å². The lowest BCUT2D eigenvalue weighted by Gasteiger charge is -2.25. The molecule has 0 spiro atoms. The lowest BCUT2D eigenvalue weighted by molar-refractivity contribution is -0.155. The molecule has 3 atom stereocenters. The predicted molar refractivity (Wildman–Crippen MR) is 110 cm³/mol. The van der Waals surface area contributed by atoms with Crippen molar-refractivity contribution in [2.45, 2.75) is 31.7 Å². The number of amides is 3. The number of hydrogen-bond acceptors (Lipinski definition) is 7. The summed E-state index contributed by atoms with van der Waals surface area (Å²) in [6.07, 6.45) is -1.53. The fourth-order valence-electron chi connectivity index (χ4n) is 3.21. The van der Waals surface area contributed by atoms with E-state index in [1.54, 1.807) is 25.1 Å². The number of aliphatic hydroxyl groups is 1. The summed E-state index contributed by atoms with van der Waals surface area (Å²) in [6, 6.07) is 3.31. The number of thioether (sulfide) groups is 1. The summed E-state index contributed by atoms with van der Waals surface area (Å²) in [5, 5.41) is 15.3. The maximum atomic E-state index is 12.9. The molecule has 1 aromatic rings. The molecule has 3 unspecified atom stereocenters. The Balaban J connectivity index is 1.62. The molecule has 0 saturated carbocycles. The Kier molecular flexibility index (Phi) is 7.22. The fourth-order valence-corrected chi connectivity index (χ4v) is 4.36. The van der Waals surface area contributed by atoms with E-state index in [2.05, 4.69) is 15.4 Å². The number of esters is 1. The topological polar surface area (TPSA) is 125 Å². The van der Waals surface area contributed by atoms with E-state index in [1.165, 1.54) is 16.7 Å². The second kappa shape index (κ2) is 9.67. The van der Waals surface area contributed by atoms with E-state index in [1.807, 2.05) is 0 Å². The van der Waals surface area contributed by atoms with E-state index in [0.29, 0.717) is 28.6 Å². The molecule has 2 fully saturated rings. The van der Waals surface area contributed by atoms with Crippen LogP contribution in [0.25, 0.3) is 0 Å². The van der Waals surface area contributed by atoms with Gasteiger partial charge in [0.05, 0.1) is 13.0 Å². The molecule has 30 heavy (non-hydrogen) atoms. The van der Waals surface area contributed by atoms with Gasteiger partial charge in [0.15, 0.2) is 0 Å². The zero-order valence-corrected chi connectivity index (χ0v) is 17.8. The van der Waals surface area contributed by atoms with Crippen molar-refractivity contribution in [3.8, 4) is 0 Å². The number of nitrogens with zero attached hydrogens (tertiary/aromatic N) is 1. The Morgan fingerprint density at radius 3 is 2.80 bits per heavy atom. The molecule has 3 N–H and O–H groups in total. The minimum Gasteiger partial charge on any atom is -0.434 e. The summed E-state index contributed by atoms with van der Waals surface area (Å²) < 4.78 is 4.59. The number of nitrogens with one attached hydrogen (secondary N) is 2. The molecule has 9 nitrogen and oxygen atoms in total. The van der Waals surface area contributed by atoms with Crippen LogP contribution in [0.15, 0.2) is 18.2 Å². The summed E-state index contributed by atoms with van der Waals surface area (Å²) >= 11 is 7.47. The Morgan fingerprint density at radius 1 is 1.33 bits per heavy atom. The second-order valence-electron chi connectivity index (χ2n) is 7.08. The molecule has 3 amide bonds. The van der Waals surface area contributed by atoms with Crippen LogP contribution in [-0.2, 0) is 19.1 Å². The van der Waals surface area contributed by atoms with Gasteiger partial charge in [-0.05, 0) is 24.6 Å². The van der Waals surface area contributed by atoms with Crippen molar-refractivity contribution in [3.63, 3.8) is 0 Å². The van der Waals surface area contributed by atoms with Crippen LogP contribution < -0.4 is 10.6 Å². The first-order valence-corrected chi connectivity index (χ1v) is 10.9. The first kappa shape index (κ1) is 22.4. The van der Waals surface area contributed by atoms with Crippen molar-refractivity contribution in [2.75, 3.05) is 24.6 Å². The summed E-state index contributed by atoms with van der Waals surface area (Å²) in [7, 11) is 0. The molecule has 162 valence electrons. The van der Waals surface area contributed by atoms with Gasteiger partial charge in [0.25, 0.3) is 5.91 Å². The van der Waals surface area contributed by atoms with E-state index >= 15 is 0 Å². The normalized spacial score (nSPS) is 24.2. The Hall–Kier alpha value is -2.30. The van der Waals surface area contributed by atoms with Gasteiger partial charge in [-0.25, -0.2) is 0 Å². The van der Waals surface area contributed by atoms with Gasteiger partial charge < -0.3 is 25.4 Å². The molecule has 2 aliphatic rings. The minimum atomic E-state index is -1.40. The van der Waals surface area contributed by atoms with Crippen molar-refractivity contribution >= 4 is 47.1 Å². The van der Waals surface area contributed by atoms with Gasteiger partial charge in [-0.2, -0.15) is 11.8 Å². The zero-order chi connectivity index (χ0) is 21.8. The van der Waals surface area contributed by atoms with Crippen LogP contribution in [0.5, 0.6) is 0 Å². The molecule has 2 heterocycles. The molecule has 2 saturated heterocycles. The lowest BCUT2D eigenvalue weighted by Crippen LogP contribution is -2.52. The molecule has 0 bridgehead atoms.